The summed E-state index contributed by atoms with van der Waals surface area (Å²) in [6.45, 7) is 0.768. The van der Waals surface area contributed by atoms with Crippen LogP contribution in [0.2, 0.25) is 0 Å². The van der Waals surface area contributed by atoms with E-state index in [9.17, 15) is 18.0 Å². The fraction of sp³-hybridized carbons (Fsp3) is 0.556. The number of fused-ring (bicyclic) bond motifs is 3. The third kappa shape index (κ3) is 3.72. The van der Waals surface area contributed by atoms with E-state index in [-0.39, 0.29) is 17.9 Å². The van der Waals surface area contributed by atoms with Gasteiger partial charge in [-0.15, -0.1) is 0 Å². The first kappa shape index (κ1) is 22.1. The number of carbonyl (C=O) groups excluding carboxylic acids is 1. The lowest BCUT2D eigenvalue weighted by molar-refractivity contribution is -0.144. The van der Waals surface area contributed by atoms with E-state index < -0.39 is 11.7 Å². The van der Waals surface area contributed by atoms with Crippen molar-refractivity contribution in [2.75, 3.05) is 6.54 Å². The minimum Gasteiger partial charge on any atom is -0.337 e. The molecule has 7 heteroatoms. The van der Waals surface area contributed by atoms with Crippen molar-refractivity contribution in [1.82, 2.24) is 15.2 Å². The van der Waals surface area contributed by atoms with E-state index in [4.69, 9.17) is 0 Å². The number of benzene rings is 1. The van der Waals surface area contributed by atoms with Crippen LogP contribution < -0.4 is 5.32 Å². The van der Waals surface area contributed by atoms with Gasteiger partial charge in [0.15, 0.2) is 0 Å². The van der Waals surface area contributed by atoms with Crippen molar-refractivity contribution >= 4 is 5.91 Å². The number of alkyl halides is 3. The molecule has 1 aliphatic heterocycles. The number of hydrogen-bond acceptors (Lipinski definition) is 3. The zero-order valence-corrected chi connectivity index (χ0v) is 19.2. The van der Waals surface area contributed by atoms with Crippen LogP contribution in [0.4, 0.5) is 13.2 Å². The molecule has 3 unspecified atom stereocenters. The monoisotopic (exact) mass is 469 g/mol. The van der Waals surface area contributed by atoms with E-state index in [0.29, 0.717) is 42.2 Å². The van der Waals surface area contributed by atoms with E-state index in [2.05, 4.69) is 34.6 Å². The molecule has 3 aliphatic carbocycles. The van der Waals surface area contributed by atoms with Gasteiger partial charge in [0, 0.05) is 43.5 Å². The van der Waals surface area contributed by atoms with Crippen molar-refractivity contribution < 1.29 is 18.0 Å². The summed E-state index contributed by atoms with van der Waals surface area (Å²) in [6.07, 6.45) is 3.96. The molecule has 1 aromatic heterocycles. The Morgan fingerprint density at radius 2 is 1.88 bits per heavy atom. The Hall–Kier alpha value is -2.41. The predicted octanol–water partition coefficient (Wildman–Crippen LogP) is 4.69. The van der Waals surface area contributed by atoms with Crippen LogP contribution in [-0.4, -0.2) is 34.4 Å². The highest BCUT2D eigenvalue weighted by atomic mass is 19.4. The summed E-state index contributed by atoms with van der Waals surface area (Å²) in [5, 5.41) is 3.87. The van der Waals surface area contributed by atoms with Gasteiger partial charge in [-0.3, -0.25) is 9.78 Å². The zero-order chi connectivity index (χ0) is 23.5. The lowest BCUT2D eigenvalue weighted by atomic mass is 9.78. The highest BCUT2D eigenvalue weighted by Gasteiger charge is 2.56. The average molecular weight is 470 g/mol. The molecule has 2 aromatic rings. The third-order valence-corrected chi connectivity index (χ3v) is 8.74. The van der Waals surface area contributed by atoms with Gasteiger partial charge in [0.05, 0.1) is 11.0 Å². The lowest BCUT2D eigenvalue weighted by Gasteiger charge is -2.37. The molecule has 180 valence electrons. The molecule has 0 bridgehead atoms. The number of hydrogen-bond donors (Lipinski definition) is 1. The lowest BCUT2D eigenvalue weighted by Crippen LogP contribution is -2.47. The Kier molecular flexibility index (Phi) is 5.24. The Morgan fingerprint density at radius 1 is 1.12 bits per heavy atom. The summed E-state index contributed by atoms with van der Waals surface area (Å²) in [6, 6.07) is 10.5. The van der Waals surface area contributed by atoms with Crippen molar-refractivity contribution in [3.8, 4) is 0 Å². The highest BCUT2D eigenvalue weighted by Crippen LogP contribution is 2.55. The van der Waals surface area contributed by atoms with Gasteiger partial charge in [0.25, 0.3) is 0 Å². The molecule has 0 saturated heterocycles. The molecule has 2 heterocycles. The van der Waals surface area contributed by atoms with E-state index in [0.717, 1.165) is 51.1 Å². The van der Waals surface area contributed by atoms with Gasteiger partial charge < -0.3 is 10.2 Å². The van der Waals surface area contributed by atoms with E-state index in [1.54, 1.807) is 0 Å². The Bertz CT molecular complexity index is 1090. The van der Waals surface area contributed by atoms with Crippen LogP contribution in [0.25, 0.3) is 0 Å². The molecule has 4 nitrogen and oxygen atoms in total. The van der Waals surface area contributed by atoms with E-state index in [1.165, 1.54) is 17.2 Å². The number of rotatable bonds is 3. The fourth-order valence-electron chi connectivity index (χ4n) is 7.20. The van der Waals surface area contributed by atoms with Crippen LogP contribution in [0.15, 0.2) is 36.5 Å². The quantitative estimate of drug-likeness (QED) is 0.710. The predicted molar refractivity (Wildman–Crippen MR) is 122 cm³/mol. The van der Waals surface area contributed by atoms with Crippen LogP contribution in [0, 0.1) is 11.3 Å². The normalized spacial score (nSPS) is 28.6. The first-order chi connectivity index (χ1) is 16.3. The summed E-state index contributed by atoms with van der Waals surface area (Å²) >= 11 is 0. The number of halogens is 3. The summed E-state index contributed by atoms with van der Waals surface area (Å²) in [5.41, 5.74) is 2.96. The summed E-state index contributed by atoms with van der Waals surface area (Å²) in [7, 11) is 0. The molecule has 6 rings (SSSR count). The van der Waals surface area contributed by atoms with Gasteiger partial charge in [-0.05, 0) is 67.2 Å². The molecule has 1 aromatic carbocycles. The van der Waals surface area contributed by atoms with Crippen LogP contribution in [0.5, 0.6) is 0 Å². The second-order valence-corrected chi connectivity index (χ2v) is 10.7. The van der Waals surface area contributed by atoms with Crippen LogP contribution in [0.1, 0.15) is 60.1 Å². The Balaban J connectivity index is 1.17. The largest absolute Gasteiger partial charge is 0.417 e. The smallest absolute Gasteiger partial charge is 0.337 e. The van der Waals surface area contributed by atoms with E-state index in [1.807, 2.05) is 4.90 Å². The maximum Gasteiger partial charge on any atom is 0.417 e. The minimum atomic E-state index is -4.42. The van der Waals surface area contributed by atoms with Gasteiger partial charge in [-0.25, -0.2) is 0 Å². The van der Waals surface area contributed by atoms with Crippen LogP contribution in [0.3, 0.4) is 0 Å². The molecular weight excluding hydrogens is 439 g/mol. The molecule has 3 atom stereocenters. The number of nitrogens with zero attached hydrogens (tertiary/aromatic N) is 2. The van der Waals surface area contributed by atoms with E-state index >= 15 is 0 Å². The molecule has 1 N–H and O–H groups in total. The van der Waals surface area contributed by atoms with Crippen LogP contribution in [-0.2, 0) is 36.8 Å². The van der Waals surface area contributed by atoms with Gasteiger partial charge in [-0.2, -0.15) is 13.2 Å². The van der Waals surface area contributed by atoms with Gasteiger partial charge >= 0.3 is 6.18 Å². The topological polar surface area (TPSA) is 45.2 Å². The summed E-state index contributed by atoms with van der Waals surface area (Å²) < 4.78 is 39.6. The van der Waals surface area contributed by atoms with Gasteiger partial charge in [0.1, 0.15) is 0 Å². The van der Waals surface area contributed by atoms with Gasteiger partial charge in [-0.1, -0.05) is 30.7 Å². The average Bonchev–Trinajstić information content (AvgIpc) is 3.49. The first-order valence-corrected chi connectivity index (χ1v) is 12.5. The second kappa shape index (κ2) is 8.08. The number of nitrogens with one attached hydrogen (secondary N) is 1. The highest BCUT2D eigenvalue weighted by molar-refractivity contribution is 5.84. The molecular formula is C27H30F3N3O. The molecule has 1 amide bonds. The van der Waals surface area contributed by atoms with Crippen molar-refractivity contribution in [3.05, 3.63) is 64.5 Å². The first-order valence-electron chi connectivity index (χ1n) is 12.5. The SMILES string of the molecule is O=C(N1CCc2ncc(C(F)(F)F)cc2C1)C12CCCC1CC(NC1Cc3ccccc3C1)C2. The standard InChI is InChI=1S/C27H30F3N3O/c28-27(29,30)21-10-19-16-33(9-7-24(19)31-15-21)25(34)26-8-3-6-20(26)13-23(14-26)32-22-11-17-4-1-2-5-18(17)12-22/h1-2,4-5,10,15,20,22-23,32H,3,6-9,11-14,16H2. The minimum absolute atomic E-state index is 0.150. The molecule has 0 spiro atoms. The molecule has 4 aliphatic rings. The van der Waals surface area contributed by atoms with Gasteiger partial charge in [0.2, 0.25) is 5.91 Å². The van der Waals surface area contributed by atoms with Crippen LogP contribution >= 0.6 is 0 Å². The molecule has 0 radical (unpaired) electrons. The third-order valence-electron chi connectivity index (χ3n) is 8.74. The number of carbonyl (C=O) groups is 1. The summed E-state index contributed by atoms with van der Waals surface area (Å²) in [5.74, 6) is 0.513. The summed E-state index contributed by atoms with van der Waals surface area (Å²) in [4.78, 5) is 19.8. The van der Waals surface area contributed by atoms with Crippen molar-refractivity contribution in [2.24, 2.45) is 11.3 Å². The molecule has 2 saturated carbocycles. The maximum atomic E-state index is 13.9. The second-order valence-electron chi connectivity index (χ2n) is 10.7. The number of amides is 1. The maximum absolute atomic E-state index is 13.9. The van der Waals surface area contributed by atoms with Crippen molar-refractivity contribution in [1.29, 1.82) is 0 Å². The fourth-order valence-corrected chi connectivity index (χ4v) is 7.20. The zero-order valence-electron chi connectivity index (χ0n) is 19.2. The number of aromatic nitrogens is 1. The molecule has 34 heavy (non-hydrogen) atoms. The Labute approximate surface area is 197 Å². The van der Waals surface area contributed by atoms with Crippen molar-refractivity contribution in [2.45, 2.75) is 76.2 Å². The van der Waals surface area contributed by atoms with Crippen molar-refractivity contribution in [3.63, 3.8) is 0 Å². The molecule has 2 fully saturated rings. The number of pyridine rings is 1. The Morgan fingerprint density at radius 3 is 2.62 bits per heavy atom.